The monoisotopic (exact) mass is 834 g/mol. The third-order valence-electron chi connectivity index (χ3n) is 8.58. The van der Waals surface area contributed by atoms with Crippen LogP contribution in [0.25, 0.3) is 65.3 Å². The molecule has 0 unspecified atom stereocenters. The second-order valence-electron chi connectivity index (χ2n) is 12.8. The molecule has 0 radical (unpaired) electrons. The molecule has 0 aliphatic heterocycles. The second kappa shape index (κ2) is 17.4. The van der Waals surface area contributed by atoms with Crippen molar-refractivity contribution in [3.05, 3.63) is 155 Å². The van der Waals surface area contributed by atoms with Crippen molar-refractivity contribution >= 4 is 64.5 Å². The quantitative estimate of drug-likeness (QED) is 0.126. The van der Waals surface area contributed by atoms with Crippen LogP contribution < -0.4 is 24.8 Å². The van der Waals surface area contributed by atoms with Gasteiger partial charge in [0.1, 0.15) is 0 Å². The Morgan fingerprint density at radius 2 is 1.04 bits per heavy atom. The first kappa shape index (κ1) is 39.0. The number of hydrogen-bond acceptors (Lipinski definition) is 0. The summed E-state index contributed by atoms with van der Waals surface area (Å²) in [5.74, 6) is 0.563. The van der Waals surface area contributed by atoms with Crippen LogP contribution in [0.4, 0.5) is 0 Å². The minimum atomic E-state index is 0. The number of halogens is 3. The van der Waals surface area contributed by atoms with Crippen molar-refractivity contribution in [3.63, 3.8) is 0 Å². The van der Waals surface area contributed by atoms with Gasteiger partial charge in [0.25, 0.3) is 0 Å². The maximum Gasteiger partial charge on any atom is -0.0114 e. The van der Waals surface area contributed by atoms with Crippen molar-refractivity contribution in [1.29, 1.82) is 0 Å². The molecule has 0 saturated heterocycles. The average Bonchev–Trinajstić information content (AvgIpc) is 3.69. The molecule has 0 N–H and O–H groups in total. The molecule has 0 aliphatic carbocycles. The molecule has 8 aromatic rings. The van der Waals surface area contributed by atoms with Gasteiger partial charge in [-0.3, -0.25) is 0 Å². The van der Waals surface area contributed by atoms with Crippen molar-refractivity contribution in [2.75, 3.05) is 0 Å². The number of fused-ring (bicyclic) bond motifs is 4. The van der Waals surface area contributed by atoms with Crippen molar-refractivity contribution < 1.29 is 48.1 Å². The SMILES string of the molecule is CC(C)c1cc2c(-c3cccc4ccccc34)cccc2[cH-]1.C[Si](C)=[Zr+2].Cc1cc2c(-c3cccc4ccccc34)ccc(Br)c2[cH-]1.[Cl-].[Cl-]. The molecular formula is C44H39BrCl2SiZr-2. The molecule has 246 valence electrons. The molecule has 8 rings (SSSR count). The van der Waals surface area contributed by atoms with Crippen LogP contribution in [0.2, 0.25) is 13.1 Å². The van der Waals surface area contributed by atoms with E-state index in [9.17, 15) is 0 Å². The van der Waals surface area contributed by atoms with Gasteiger partial charge in [0.2, 0.25) is 0 Å². The third kappa shape index (κ3) is 8.76. The Bertz CT molecular complexity index is 2350. The minimum Gasteiger partial charge on any atom is -1.00 e. The zero-order valence-electron chi connectivity index (χ0n) is 28.5. The molecule has 0 saturated carbocycles. The van der Waals surface area contributed by atoms with E-state index in [2.05, 4.69) is 189 Å². The summed E-state index contributed by atoms with van der Waals surface area (Å²) in [6.07, 6.45) is 0. The summed E-state index contributed by atoms with van der Waals surface area (Å²) in [6, 6.07) is 50.5. The number of hydrogen-bond donors (Lipinski definition) is 0. The van der Waals surface area contributed by atoms with Crippen LogP contribution in [-0.4, -0.2) is 5.43 Å². The Balaban J connectivity index is 0.000000192. The van der Waals surface area contributed by atoms with Crippen LogP contribution in [0.3, 0.4) is 0 Å². The molecule has 0 fully saturated rings. The average molecular weight is 838 g/mol. The van der Waals surface area contributed by atoms with E-state index in [-0.39, 0.29) is 30.2 Å². The van der Waals surface area contributed by atoms with E-state index in [0.717, 1.165) is 4.47 Å². The van der Waals surface area contributed by atoms with Gasteiger partial charge in [-0.05, 0) is 38.6 Å². The number of aryl methyl sites for hydroxylation is 1. The van der Waals surface area contributed by atoms with Gasteiger partial charge < -0.3 is 24.8 Å². The van der Waals surface area contributed by atoms with Crippen LogP contribution in [-0.2, 0) is 23.3 Å². The van der Waals surface area contributed by atoms with Gasteiger partial charge in [-0.1, -0.05) is 139 Å². The third-order valence-corrected chi connectivity index (χ3v) is 9.27. The molecule has 0 atom stereocenters. The van der Waals surface area contributed by atoms with Crippen LogP contribution in [0.15, 0.2) is 144 Å². The summed E-state index contributed by atoms with van der Waals surface area (Å²) in [6.45, 7) is 11.3. The fourth-order valence-corrected chi connectivity index (χ4v) is 6.85. The predicted molar refractivity (Wildman–Crippen MR) is 209 cm³/mol. The van der Waals surface area contributed by atoms with E-state index >= 15 is 0 Å². The van der Waals surface area contributed by atoms with E-state index in [1.807, 2.05) is 0 Å². The summed E-state index contributed by atoms with van der Waals surface area (Å²) >= 11 is 5.41. The van der Waals surface area contributed by atoms with Crippen LogP contribution in [0, 0.1) is 6.92 Å². The topological polar surface area (TPSA) is 0 Å². The van der Waals surface area contributed by atoms with Crippen LogP contribution in [0.1, 0.15) is 30.9 Å². The standard InChI is InChI=1S/C22H19.C20H14Br.C2H6Si.2ClH.Zr/c1-15(2)18-13-17-9-6-12-21(22(17)14-18)20-11-5-8-16-7-3-4-10-19(16)20;1-13-11-18-17(9-10-20(21)19(18)12-13)16-8-4-6-14-5-2-3-7-15(14)16;1-3-2;;;/h3-15H,1-2H3;2-12H,1H3;1-2H3;2*1H;/q2*-1;;;;+2/p-2. The van der Waals surface area contributed by atoms with E-state index in [4.69, 9.17) is 0 Å². The first-order valence-corrected chi connectivity index (χ1v) is 23.2. The largest absolute Gasteiger partial charge is 1.00 e. The maximum atomic E-state index is 3.67. The van der Waals surface area contributed by atoms with Crippen molar-refractivity contribution in [2.24, 2.45) is 0 Å². The Hall–Kier alpha value is -2.78. The van der Waals surface area contributed by atoms with Crippen molar-refractivity contribution in [1.82, 2.24) is 0 Å². The summed E-state index contributed by atoms with van der Waals surface area (Å²) in [5, 5.41) is 10.5. The molecule has 0 amide bonds. The van der Waals surface area contributed by atoms with Gasteiger partial charge in [0, 0.05) is 0 Å². The van der Waals surface area contributed by atoms with Crippen LogP contribution >= 0.6 is 15.9 Å². The Morgan fingerprint density at radius 3 is 1.59 bits per heavy atom. The second-order valence-corrected chi connectivity index (χ2v) is 23.0. The summed E-state index contributed by atoms with van der Waals surface area (Å²) in [4.78, 5) is 0. The first-order chi connectivity index (χ1) is 22.7. The zero-order valence-corrected chi connectivity index (χ0v) is 35.0. The van der Waals surface area contributed by atoms with Gasteiger partial charge in [0.05, 0.1) is 0 Å². The zero-order chi connectivity index (χ0) is 33.1. The van der Waals surface area contributed by atoms with Crippen molar-refractivity contribution in [2.45, 2.75) is 39.8 Å². The Labute approximate surface area is 327 Å². The van der Waals surface area contributed by atoms with Gasteiger partial charge in [-0.15, -0.1) is 72.9 Å². The molecule has 49 heavy (non-hydrogen) atoms. The maximum absolute atomic E-state index is 3.67. The van der Waals surface area contributed by atoms with E-state index in [0.29, 0.717) is 5.92 Å². The first-order valence-electron chi connectivity index (χ1n) is 16.2. The molecule has 0 aliphatic rings. The molecule has 0 aromatic heterocycles. The van der Waals surface area contributed by atoms with Crippen LogP contribution in [0.5, 0.6) is 0 Å². The normalized spacial score (nSPS) is 10.6. The molecule has 0 heterocycles. The van der Waals surface area contributed by atoms with Crippen molar-refractivity contribution in [3.8, 4) is 22.3 Å². The Kier molecular flexibility index (Phi) is 13.9. The fraction of sp³-hybridized carbons (Fsp3) is 0.136. The fourth-order valence-electron chi connectivity index (χ4n) is 6.39. The summed E-state index contributed by atoms with van der Waals surface area (Å²) in [7, 11) is 0. The summed E-state index contributed by atoms with van der Waals surface area (Å²) < 4.78 is 1.16. The molecule has 0 spiro atoms. The van der Waals surface area contributed by atoms with Gasteiger partial charge in [-0.25, -0.2) is 0 Å². The summed E-state index contributed by atoms with van der Waals surface area (Å²) in [5.41, 5.74) is 8.20. The van der Waals surface area contributed by atoms with Gasteiger partial charge >= 0.3 is 41.9 Å². The number of rotatable bonds is 3. The van der Waals surface area contributed by atoms with Gasteiger partial charge in [0.15, 0.2) is 0 Å². The van der Waals surface area contributed by atoms with E-state index in [1.54, 1.807) is 23.3 Å². The Morgan fingerprint density at radius 1 is 0.571 bits per heavy atom. The molecule has 0 bridgehead atoms. The number of benzene rings is 6. The minimum absolute atomic E-state index is 0. The molecular weight excluding hydrogens is 799 g/mol. The van der Waals surface area contributed by atoms with Gasteiger partial charge in [-0.2, -0.15) is 12.1 Å². The molecule has 5 heteroatoms. The predicted octanol–water partition coefficient (Wildman–Crippen LogP) is 7.74. The molecule has 0 nitrogen and oxygen atoms in total. The van der Waals surface area contributed by atoms with E-state index in [1.165, 1.54) is 76.5 Å². The van der Waals surface area contributed by atoms with E-state index < -0.39 is 0 Å². The molecule has 8 aromatic carbocycles. The smallest absolute Gasteiger partial charge is 0.0114 e.